The van der Waals surface area contributed by atoms with Crippen molar-refractivity contribution in [1.82, 2.24) is 19.4 Å². The molecule has 1 aliphatic heterocycles. The molecule has 12 heteroatoms. The van der Waals surface area contributed by atoms with Crippen molar-refractivity contribution in [1.29, 1.82) is 0 Å². The molecule has 35 heavy (non-hydrogen) atoms. The summed E-state index contributed by atoms with van der Waals surface area (Å²) in [5, 5.41) is 9.43. The van der Waals surface area contributed by atoms with Crippen molar-refractivity contribution in [2.45, 2.75) is 26.1 Å². The van der Waals surface area contributed by atoms with Gasteiger partial charge in [0.25, 0.3) is 0 Å². The molecule has 0 aliphatic carbocycles. The molecule has 0 unspecified atom stereocenters. The van der Waals surface area contributed by atoms with Gasteiger partial charge in [-0.3, -0.25) is 4.79 Å². The maximum atomic E-state index is 12.8. The van der Waals surface area contributed by atoms with Crippen molar-refractivity contribution in [3.63, 3.8) is 0 Å². The van der Waals surface area contributed by atoms with Crippen LogP contribution >= 0.6 is 12.2 Å². The van der Waals surface area contributed by atoms with E-state index in [1.165, 1.54) is 24.5 Å². The topological polar surface area (TPSA) is 91.6 Å². The fourth-order valence-corrected chi connectivity index (χ4v) is 4.31. The summed E-state index contributed by atoms with van der Waals surface area (Å²) in [5.74, 6) is -0.873. The van der Waals surface area contributed by atoms with Gasteiger partial charge in [-0.2, -0.15) is 18.2 Å². The molecule has 1 aliphatic rings. The number of carboxylic acids is 1. The number of aryl methyl sites for hydroxylation is 1. The number of hydrogen-bond donors (Lipinski definition) is 1. The Hall–Kier alpha value is -3.54. The number of thiocarbonyl (C=S) groups is 1. The second kappa shape index (κ2) is 9.61. The third kappa shape index (κ3) is 5.11. The normalized spacial score (nSPS) is 14.4. The third-order valence-electron chi connectivity index (χ3n) is 5.93. The summed E-state index contributed by atoms with van der Waals surface area (Å²) in [6, 6.07) is 5.00. The number of fused-ring (bicyclic) bond motifs is 1. The van der Waals surface area contributed by atoms with Crippen LogP contribution in [-0.4, -0.2) is 61.7 Å². The van der Waals surface area contributed by atoms with Gasteiger partial charge in [0.1, 0.15) is 11.2 Å². The molecule has 0 amide bonds. The standard InChI is InChI=1S/C23H22F3N5O3S/c1-2-29-13-17(21(33)34)19(32)16-12-27-22(28-20(16)29)31-9-7-30(8-10-31)18(35)11-14-3-5-15(6-4-14)23(24,25)26/h3-6,12-13H,2,7-11H2,1H3,(H,33,34). The average molecular weight is 506 g/mol. The molecule has 0 spiro atoms. The summed E-state index contributed by atoms with van der Waals surface area (Å²) in [5.41, 5.74) is -0.564. The van der Waals surface area contributed by atoms with E-state index in [4.69, 9.17) is 12.2 Å². The summed E-state index contributed by atoms with van der Waals surface area (Å²) < 4.78 is 39.9. The van der Waals surface area contributed by atoms with Crippen LogP contribution in [0.2, 0.25) is 0 Å². The van der Waals surface area contributed by atoms with Crippen molar-refractivity contribution in [3.05, 3.63) is 63.6 Å². The van der Waals surface area contributed by atoms with E-state index in [0.717, 1.165) is 12.1 Å². The number of halogens is 3. The Kier molecular flexibility index (Phi) is 6.75. The first-order chi connectivity index (χ1) is 16.6. The molecule has 4 rings (SSSR count). The molecule has 0 bridgehead atoms. The number of aromatic nitrogens is 3. The van der Waals surface area contributed by atoms with Crippen LogP contribution in [0.25, 0.3) is 11.0 Å². The molecule has 1 N–H and O–H groups in total. The molecule has 0 radical (unpaired) electrons. The number of nitrogens with zero attached hydrogens (tertiary/aromatic N) is 5. The molecule has 1 aromatic carbocycles. The molecule has 0 atom stereocenters. The minimum Gasteiger partial charge on any atom is -0.477 e. The predicted molar refractivity (Wildman–Crippen MR) is 128 cm³/mol. The zero-order valence-electron chi connectivity index (χ0n) is 18.7. The maximum absolute atomic E-state index is 12.8. The van der Waals surface area contributed by atoms with Gasteiger partial charge in [0.05, 0.1) is 15.9 Å². The lowest BCUT2D eigenvalue weighted by Gasteiger charge is -2.36. The molecule has 2 aromatic heterocycles. The first-order valence-corrected chi connectivity index (χ1v) is 11.3. The summed E-state index contributed by atoms with van der Waals surface area (Å²) in [6.07, 6.45) is -1.35. The lowest BCUT2D eigenvalue weighted by molar-refractivity contribution is -0.137. The van der Waals surface area contributed by atoms with Gasteiger partial charge in [0, 0.05) is 51.5 Å². The fourth-order valence-electron chi connectivity index (χ4n) is 3.96. The number of anilines is 1. The number of piperazine rings is 1. The minimum atomic E-state index is -4.37. The van der Waals surface area contributed by atoms with Crippen molar-refractivity contribution >= 4 is 40.2 Å². The number of alkyl halides is 3. The van der Waals surface area contributed by atoms with Crippen LogP contribution in [0.5, 0.6) is 0 Å². The molecule has 3 aromatic rings. The van der Waals surface area contributed by atoms with Crippen LogP contribution in [0.15, 0.2) is 41.5 Å². The van der Waals surface area contributed by atoms with Gasteiger partial charge >= 0.3 is 12.1 Å². The highest BCUT2D eigenvalue weighted by Gasteiger charge is 2.30. The molecule has 8 nitrogen and oxygen atoms in total. The first kappa shape index (κ1) is 24.6. The summed E-state index contributed by atoms with van der Waals surface area (Å²) >= 11 is 5.53. The van der Waals surface area contributed by atoms with E-state index < -0.39 is 23.1 Å². The van der Waals surface area contributed by atoms with E-state index in [9.17, 15) is 27.9 Å². The molecular formula is C23H22F3N5O3S. The van der Waals surface area contributed by atoms with Gasteiger partial charge in [-0.1, -0.05) is 24.4 Å². The van der Waals surface area contributed by atoms with Gasteiger partial charge in [0.15, 0.2) is 0 Å². The van der Waals surface area contributed by atoms with E-state index in [1.807, 2.05) is 16.7 Å². The average Bonchev–Trinajstić information content (AvgIpc) is 2.83. The number of rotatable bonds is 5. The van der Waals surface area contributed by atoms with Crippen molar-refractivity contribution in [2.75, 3.05) is 31.1 Å². The monoisotopic (exact) mass is 505 g/mol. The number of pyridine rings is 1. The third-order valence-corrected chi connectivity index (χ3v) is 6.33. The molecular weight excluding hydrogens is 483 g/mol. The number of benzene rings is 1. The minimum absolute atomic E-state index is 0.145. The predicted octanol–water partition coefficient (Wildman–Crippen LogP) is 3.22. The summed E-state index contributed by atoms with van der Waals surface area (Å²) in [7, 11) is 0. The zero-order valence-corrected chi connectivity index (χ0v) is 19.6. The van der Waals surface area contributed by atoms with Crippen molar-refractivity contribution in [3.8, 4) is 0 Å². The lowest BCUT2D eigenvalue weighted by atomic mass is 10.1. The second-order valence-corrected chi connectivity index (χ2v) is 8.58. The van der Waals surface area contributed by atoms with Crippen LogP contribution in [0.3, 0.4) is 0 Å². The highest BCUT2D eigenvalue weighted by Crippen LogP contribution is 2.29. The Morgan fingerprint density at radius 3 is 2.37 bits per heavy atom. The molecule has 1 fully saturated rings. The molecule has 184 valence electrons. The number of carboxylic acid groups (broad SMARTS) is 1. The lowest BCUT2D eigenvalue weighted by Crippen LogP contribution is -2.49. The quantitative estimate of drug-likeness (QED) is 0.529. The van der Waals surface area contributed by atoms with Gasteiger partial charge in [0.2, 0.25) is 11.4 Å². The highest BCUT2D eigenvalue weighted by molar-refractivity contribution is 7.80. The Balaban J connectivity index is 1.45. The molecule has 3 heterocycles. The van der Waals surface area contributed by atoms with Gasteiger partial charge in [-0.15, -0.1) is 0 Å². The fraction of sp³-hybridized carbons (Fsp3) is 0.348. The second-order valence-electron chi connectivity index (χ2n) is 8.11. The van der Waals surface area contributed by atoms with E-state index in [1.54, 1.807) is 4.57 Å². The number of carbonyl (C=O) groups is 1. The van der Waals surface area contributed by atoms with Gasteiger partial charge < -0.3 is 19.5 Å². The van der Waals surface area contributed by atoms with Crippen LogP contribution in [0, 0.1) is 0 Å². The maximum Gasteiger partial charge on any atom is 0.416 e. The van der Waals surface area contributed by atoms with Gasteiger partial charge in [-0.05, 0) is 24.6 Å². The van der Waals surface area contributed by atoms with Crippen LogP contribution in [0.4, 0.5) is 19.1 Å². The summed E-state index contributed by atoms with van der Waals surface area (Å²) in [4.78, 5) is 37.3. The summed E-state index contributed by atoms with van der Waals surface area (Å²) in [6.45, 7) is 4.54. The van der Waals surface area contributed by atoms with Crippen molar-refractivity contribution < 1.29 is 23.1 Å². The Morgan fingerprint density at radius 2 is 1.80 bits per heavy atom. The van der Waals surface area contributed by atoms with Crippen LogP contribution < -0.4 is 10.3 Å². The van der Waals surface area contributed by atoms with E-state index >= 15 is 0 Å². The van der Waals surface area contributed by atoms with E-state index in [0.29, 0.717) is 61.3 Å². The van der Waals surface area contributed by atoms with E-state index in [2.05, 4.69) is 9.97 Å². The smallest absolute Gasteiger partial charge is 0.416 e. The number of aromatic carboxylic acids is 1. The highest BCUT2D eigenvalue weighted by atomic mass is 32.1. The SMILES string of the molecule is CCn1cc(C(=O)O)c(=O)c2cnc(N3CCN(C(=S)Cc4ccc(C(F)(F)F)cc4)CC3)nc21. The Labute approximate surface area is 203 Å². The van der Waals surface area contributed by atoms with Crippen LogP contribution in [-0.2, 0) is 19.1 Å². The number of hydrogen-bond acceptors (Lipinski definition) is 6. The first-order valence-electron chi connectivity index (χ1n) is 10.9. The Morgan fingerprint density at radius 1 is 1.14 bits per heavy atom. The molecule has 0 saturated carbocycles. The largest absolute Gasteiger partial charge is 0.477 e. The zero-order chi connectivity index (χ0) is 25.3. The Bertz CT molecular complexity index is 1330. The van der Waals surface area contributed by atoms with Crippen LogP contribution in [0.1, 0.15) is 28.4 Å². The van der Waals surface area contributed by atoms with Gasteiger partial charge in [-0.25, -0.2) is 9.78 Å². The van der Waals surface area contributed by atoms with Crippen molar-refractivity contribution in [2.24, 2.45) is 0 Å². The van der Waals surface area contributed by atoms with E-state index in [-0.39, 0.29) is 10.9 Å². The molecule has 1 saturated heterocycles.